The molecule has 31 heavy (non-hydrogen) atoms. The van der Waals surface area contributed by atoms with Crippen molar-refractivity contribution in [2.75, 3.05) is 10.6 Å². The fraction of sp³-hybridized carbons (Fsp3) is 0.200. The number of nitrogens with zero attached hydrogens (tertiary/aromatic N) is 2. The Bertz CT molecular complexity index is 1130. The molecule has 0 fully saturated rings. The number of hydrogen-bond acceptors (Lipinski definition) is 3. The number of amides is 1. The second kappa shape index (κ2) is 8.05. The Labute approximate surface area is 184 Å². The standard InChI is InChI=1S/C20H14Cl2F4N4O/c21-13-6-5-12(7-14(13)22)27-19(31)16-9-18-28-15(10-1-3-11(23)4-2-10)8-17(20(24,25)26)30(18)29-16/h1-7,9,15,17,28H,8H2,(H,27,31)/t15-,17-/m1/s1. The second-order valence-electron chi connectivity index (χ2n) is 6.98. The summed E-state index contributed by atoms with van der Waals surface area (Å²) in [5, 5.41) is 9.86. The maximum atomic E-state index is 13.7. The predicted molar refractivity (Wildman–Crippen MR) is 109 cm³/mol. The summed E-state index contributed by atoms with van der Waals surface area (Å²) in [4.78, 5) is 12.6. The topological polar surface area (TPSA) is 59.0 Å². The normalized spacial score (nSPS) is 18.3. The van der Waals surface area contributed by atoms with E-state index in [0.717, 1.165) is 4.68 Å². The molecule has 1 aromatic heterocycles. The van der Waals surface area contributed by atoms with Crippen LogP contribution in [-0.4, -0.2) is 21.9 Å². The first kappa shape index (κ1) is 21.5. The van der Waals surface area contributed by atoms with Gasteiger partial charge in [-0.3, -0.25) is 4.79 Å². The van der Waals surface area contributed by atoms with Crippen LogP contribution in [0, 0.1) is 5.82 Å². The maximum Gasteiger partial charge on any atom is 0.410 e. The van der Waals surface area contributed by atoms with E-state index in [1.165, 1.54) is 48.5 Å². The third-order valence-electron chi connectivity index (χ3n) is 4.87. The third-order valence-corrected chi connectivity index (χ3v) is 5.61. The number of rotatable bonds is 3. The molecule has 0 spiro atoms. The highest BCUT2D eigenvalue weighted by Gasteiger charge is 2.46. The van der Waals surface area contributed by atoms with Gasteiger partial charge in [-0.15, -0.1) is 0 Å². The molecule has 0 saturated carbocycles. The van der Waals surface area contributed by atoms with Gasteiger partial charge in [0, 0.05) is 18.2 Å². The van der Waals surface area contributed by atoms with Gasteiger partial charge in [0.15, 0.2) is 11.7 Å². The van der Waals surface area contributed by atoms with Crippen molar-refractivity contribution in [1.29, 1.82) is 0 Å². The Kier molecular flexibility index (Phi) is 5.57. The highest BCUT2D eigenvalue weighted by Crippen LogP contribution is 2.43. The monoisotopic (exact) mass is 472 g/mol. The van der Waals surface area contributed by atoms with E-state index in [4.69, 9.17) is 23.2 Å². The van der Waals surface area contributed by atoms with Gasteiger partial charge >= 0.3 is 6.18 Å². The van der Waals surface area contributed by atoms with Crippen molar-refractivity contribution < 1.29 is 22.4 Å². The maximum absolute atomic E-state index is 13.7. The van der Waals surface area contributed by atoms with Crippen LogP contribution in [0.5, 0.6) is 0 Å². The Balaban J connectivity index is 1.63. The summed E-state index contributed by atoms with van der Waals surface area (Å²) in [6, 6.07) is 8.15. The summed E-state index contributed by atoms with van der Waals surface area (Å²) in [6.45, 7) is 0. The molecule has 1 aliphatic heterocycles. The molecule has 11 heteroatoms. The molecule has 1 amide bonds. The summed E-state index contributed by atoms with van der Waals surface area (Å²) in [7, 11) is 0. The van der Waals surface area contributed by atoms with E-state index in [0.29, 0.717) is 16.3 Å². The average molecular weight is 473 g/mol. The van der Waals surface area contributed by atoms with Crippen LogP contribution in [-0.2, 0) is 0 Å². The molecule has 1 aliphatic rings. The van der Waals surface area contributed by atoms with Crippen LogP contribution in [0.3, 0.4) is 0 Å². The minimum atomic E-state index is -4.60. The molecule has 162 valence electrons. The SMILES string of the molecule is O=C(Nc1ccc(Cl)c(Cl)c1)c1cc2n(n1)[C@@H](C(F)(F)F)C[C@H](c1ccc(F)cc1)N2. The van der Waals surface area contributed by atoms with Gasteiger partial charge in [-0.05, 0) is 35.9 Å². The lowest BCUT2D eigenvalue weighted by atomic mass is 9.97. The van der Waals surface area contributed by atoms with Crippen molar-refractivity contribution in [3.05, 3.63) is 75.7 Å². The summed E-state index contributed by atoms with van der Waals surface area (Å²) in [6.07, 6.45) is -4.96. The van der Waals surface area contributed by atoms with Gasteiger partial charge in [0.1, 0.15) is 11.6 Å². The number of hydrogen-bond donors (Lipinski definition) is 2. The Morgan fingerprint density at radius 3 is 2.45 bits per heavy atom. The molecule has 2 aromatic carbocycles. The van der Waals surface area contributed by atoms with Crippen molar-refractivity contribution in [1.82, 2.24) is 9.78 Å². The molecule has 2 heterocycles. The van der Waals surface area contributed by atoms with Crippen molar-refractivity contribution in [2.45, 2.75) is 24.7 Å². The smallest absolute Gasteiger partial charge is 0.363 e. The quantitative estimate of drug-likeness (QED) is 0.443. The van der Waals surface area contributed by atoms with Crippen LogP contribution in [0.1, 0.15) is 34.6 Å². The van der Waals surface area contributed by atoms with Gasteiger partial charge in [0.05, 0.1) is 16.1 Å². The molecule has 0 unspecified atom stereocenters. The molecule has 0 saturated heterocycles. The molecule has 0 aliphatic carbocycles. The Morgan fingerprint density at radius 2 is 1.81 bits per heavy atom. The van der Waals surface area contributed by atoms with Gasteiger partial charge in [0.25, 0.3) is 5.91 Å². The lowest BCUT2D eigenvalue weighted by Gasteiger charge is -2.33. The predicted octanol–water partition coefficient (Wildman–Crippen LogP) is 6.24. The van der Waals surface area contributed by atoms with Crippen LogP contribution in [0.15, 0.2) is 48.5 Å². The summed E-state index contributed by atoms with van der Waals surface area (Å²) >= 11 is 11.8. The van der Waals surface area contributed by atoms with Crippen LogP contribution in [0.4, 0.5) is 29.1 Å². The minimum absolute atomic E-state index is 0.0298. The summed E-state index contributed by atoms with van der Waals surface area (Å²) in [5.41, 5.74) is 0.599. The third kappa shape index (κ3) is 4.47. The van der Waals surface area contributed by atoms with Crippen LogP contribution < -0.4 is 10.6 Å². The van der Waals surface area contributed by atoms with Crippen molar-refractivity contribution in [3.63, 3.8) is 0 Å². The summed E-state index contributed by atoms with van der Waals surface area (Å²) in [5.74, 6) is -1.17. The van der Waals surface area contributed by atoms with E-state index in [1.807, 2.05) is 0 Å². The number of alkyl halides is 3. The van der Waals surface area contributed by atoms with E-state index in [1.54, 1.807) is 0 Å². The molecule has 5 nitrogen and oxygen atoms in total. The molecule has 2 N–H and O–H groups in total. The highest BCUT2D eigenvalue weighted by atomic mass is 35.5. The number of carbonyl (C=O) groups is 1. The van der Waals surface area contributed by atoms with E-state index >= 15 is 0 Å². The zero-order valence-electron chi connectivity index (χ0n) is 15.6. The van der Waals surface area contributed by atoms with E-state index < -0.39 is 30.0 Å². The fourth-order valence-corrected chi connectivity index (χ4v) is 3.67. The number of carbonyl (C=O) groups excluding carboxylic acids is 1. The highest BCUT2D eigenvalue weighted by molar-refractivity contribution is 6.42. The fourth-order valence-electron chi connectivity index (χ4n) is 3.37. The number of benzene rings is 2. The zero-order chi connectivity index (χ0) is 22.3. The average Bonchev–Trinajstić information content (AvgIpc) is 3.14. The molecule has 3 aromatic rings. The first-order valence-corrected chi connectivity index (χ1v) is 9.82. The largest absolute Gasteiger partial charge is 0.410 e. The number of fused-ring (bicyclic) bond motifs is 1. The second-order valence-corrected chi connectivity index (χ2v) is 7.80. The van der Waals surface area contributed by atoms with E-state index in [2.05, 4.69) is 15.7 Å². The Hall–Kier alpha value is -2.78. The lowest BCUT2D eigenvalue weighted by molar-refractivity contribution is -0.173. The molecule has 0 radical (unpaired) electrons. The van der Waals surface area contributed by atoms with Gasteiger partial charge in [-0.25, -0.2) is 9.07 Å². The van der Waals surface area contributed by atoms with Gasteiger partial charge in [0.2, 0.25) is 0 Å². The summed E-state index contributed by atoms with van der Waals surface area (Å²) < 4.78 is 55.2. The number of aromatic nitrogens is 2. The first-order chi connectivity index (χ1) is 14.6. The molecule has 0 bridgehead atoms. The minimum Gasteiger partial charge on any atom is -0.363 e. The molecule has 2 atom stereocenters. The van der Waals surface area contributed by atoms with Crippen LogP contribution >= 0.6 is 23.2 Å². The molecular weight excluding hydrogens is 459 g/mol. The van der Waals surface area contributed by atoms with Crippen molar-refractivity contribution in [3.8, 4) is 0 Å². The number of nitrogens with one attached hydrogen (secondary N) is 2. The molecule has 4 rings (SSSR count). The van der Waals surface area contributed by atoms with Crippen molar-refractivity contribution >= 4 is 40.6 Å². The Morgan fingerprint density at radius 1 is 1.10 bits per heavy atom. The van der Waals surface area contributed by atoms with E-state index in [-0.39, 0.29) is 23.0 Å². The zero-order valence-corrected chi connectivity index (χ0v) is 17.1. The number of halogens is 6. The number of anilines is 2. The molecular formula is C20H14Cl2F4N4O. The van der Waals surface area contributed by atoms with Crippen LogP contribution in [0.25, 0.3) is 0 Å². The van der Waals surface area contributed by atoms with E-state index in [9.17, 15) is 22.4 Å². The van der Waals surface area contributed by atoms with Gasteiger partial charge < -0.3 is 10.6 Å². The van der Waals surface area contributed by atoms with Gasteiger partial charge in [-0.1, -0.05) is 35.3 Å². The lowest BCUT2D eigenvalue weighted by Crippen LogP contribution is -2.35. The van der Waals surface area contributed by atoms with Crippen molar-refractivity contribution in [2.24, 2.45) is 0 Å². The van der Waals surface area contributed by atoms with Gasteiger partial charge in [-0.2, -0.15) is 18.3 Å². The first-order valence-electron chi connectivity index (χ1n) is 9.06. The van der Waals surface area contributed by atoms with Crippen LogP contribution in [0.2, 0.25) is 10.0 Å².